The number of carboxylic acids is 2. The third kappa shape index (κ3) is 6.49. The molecule has 8 heteroatoms. The summed E-state index contributed by atoms with van der Waals surface area (Å²) in [6, 6.07) is 5.04. The van der Waals surface area contributed by atoms with Crippen LogP contribution in [-0.4, -0.2) is 16.9 Å². The quantitative estimate of drug-likeness (QED) is 0.301. The Morgan fingerprint density at radius 2 is 1.67 bits per heavy atom. The van der Waals surface area contributed by atoms with Crippen molar-refractivity contribution < 1.29 is 44.2 Å². The molecule has 0 aliphatic carbocycles. The molecule has 0 heterocycles. The molecule has 0 N–H and O–H groups in total. The predicted molar refractivity (Wildman–Crippen MR) is 52.6 cm³/mol. The van der Waals surface area contributed by atoms with E-state index in [4.69, 9.17) is 9.90 Å². The van der Waals surface area contributed by atoms with Gasteiger partial charge in [-0.1, -0.05) is 18.7 Å². The number of aliphatic carboxylic acids is 1. The van der Waals surface area contributed by atoms with Crippen molar-refractivity contribution in [2.75, 3.05) is 0 Å². The van der Waals surface area contributed by atoms with Gasteiger partial charge < -0.3 is 19.8 Å². The maximum absolute atomic E-state index is 10.3. The number of para-hydroxylation sites is 1. The Balaban J connectivity index is 0. The molecule has 0 spiro atoms. The molecule has 0 atom stereocenters. The smallest absolute Gasteiger partial charge is 0.545 e. The fourth-order valence-corrected chi connectivity index (χ4v) is 0.805. The number of hydrogen-bond donors (Lipinski definition) is 0. The van der Waals surface area contributed by atoms with E-state index in [1.165, 1.54) is 12.1 Å². The fraction of sp³-hybridized carbons (Fsp3) is 0. The number of nitro benzene ring substituents is 1. The van der Waals surface area contributed by atoms with E-state index in [0.717, 1.165) is 18.2 Å². The van der Waals surface area contributed by atoms with E-state index in [-0.39, 0.29) is 19.5 Å². The maximum atomic E-state index is 10.3. The van der Waals surface area contributed by atoms with Crippen LogP contribution >= 0.6 is 0 Å². The first-order valence-electron chi connectivity index (χ1n) is 4.18. The van der Waals surface area contributed by atoms with Gasteiger partial charge in [0.25, 0.3) is 5.69 Å². The van der Waals surface area contributed by atoms with Crippen molar-refractivity contribution in [3.63, 3.8) is 0 Å². The standard InChI is InChI=1S/C7H5NO4.C3H4O2.Zn/c9-7(10)5-3-1-2-4-6(5)8(11)12;1-2-3(4)5;/h1-4H,(H,9,10);2H,1H2,(H,4,5);/q;;+2/p-2. The molecule has 1 aromatic rings. The number of nitrogens with zero attached hydrogens (tertiary/aromatic N) is 1. The molecular weight excluding hydrogens is 296 g/mol. The van der Waals surface area contributed by atoms with Gasteiger partial charge in [-0.05, 0) is 12.1 Å². The maximum Gasteiger partial charge on any atom is 2.00 e. The van der Waals surface area contributed by atoms with E-state index in [1.807, 2.05) is 0 Å². The molecule has 0 aliphatic rings. The van der Waals surface area contributed by atoms with E-state index < -0.39 is 28.1 Å². The summed E-state index contributed by atoms with van der Waals surface area (Å²) < 4.78 is 0. The van der Waals surface area contributed by atoms with Crippen molar-refractivity contribution in [3.8, 4) is 0 Å². The van der Waals surface area contributed by atoms with Gasteiger partial charge in [-0.2, -0.15) is 0 Å². The molecule has 18 heavy (non-hydrogen) atoms. The Kier molecular flexibility index (Phi) is 9.15. The average Bonchev–Trinajstić information content (AvgIpc) is 2.29. The van der Waals surface area contributed by atoms with Crippen molar-refractivity contribution in [1.82, 2.24) is 0 Å². The number of carboxylic acid groups (broad SMARTS) is 2. The van der Waals surface area contributed by atoms with Crippen LogP contribution < -0.4 is 10.2 Å². The summed E-state index contributed by atoms with van der Waals surface area (Å²) in [5.74, 6) is -2.77. The predicted octanol–water partition coefficient (Wildman–Crippen LogP) is -1.12. The van der Waals surface area contributed by atoms with Crippen LogP contribution in [0.5, 0.6) is 0 Å². The zero-order chi connectivity index (χ0) is 13.4. The molecule has 90 valence electrons. The monoisotopic (exact) mass is 301 g/mol. The van der Waals surface area contributed by atoms with Gasteiger partial charge in [0, 0.05) is 6.07 Å². The fourth-order valence-electron chi connectivity index (χ4n) is 0.805. The number of carbonyl (C=O) groups is 2. The Morgan fingerprint density at radius 3 is 1.94 bits per heavy atom. The summed E-state index contributed by atoms with van der Waals surface area (Å²) in [7, 11) is 0. The molecule has 0 fully saturated rings. The SMILES string of the molecule is C=CC(=O)[O-].O=C([O-])c1ccccc1[N+](=O)[O-].[Zn+2]. The normalized spacial score (nSPS) is 8.00. The largest absolute Gasteiger partial charge is 2.00 e. The second-order valence-electron chi connectivity index (χ2n) is 2.58. The van der Waals surface area contributed by atoms with E-state index in [2.05, 4.69) is 6.58 Å². The molecule has 0 bridgehead atoms. The third-order valence-corrected chi connectivity index (χ3v) is 1.49. The van der Waals surface area contributed by atoms with Crippen LogP contribution in [0.15, 0.2) is 36.9 Å². The Morgan fingerprint density at radius 1 is 1.22 bits per heavy atom. The Labute approximate surface area is 115 Å². The van der Waals surface area contributed by atoms with Crippen molar-refractivity contribution in [2.45, 2.75) is 0 Å². The van der Waals surface area contributed by atoms with E-state index in [1.54, 1.807) is 0 Å². The molecule has 0 saturated carbocycles. The topological polar surface area (TPSA) is 123 Å². The molecule has 1 aromatic carbocycles. The van der Waals surface area contributed by atoms with Crippen LogP contribution in [-0.2, 0) is 24.3 Å². The van der Waals surface area contributed by atoms with Crippen molar-refractivity contribution in [2.24, 2.45) is 0 Å². The van der Waals surface area contributed by atoms with Crippen LogP contribution in [0.3, 0.4) is 0 Å². The average molecular weight is 303 g/mol. The van der Waals surface area contributed by atoms with Crippen molar-refractivity contribution in [1.29, 1.82) is 0 Å². The molecule has 7 nitrogen and oxygen atoms in total. The summed E-state index contributed by atoms with van der Waals surface area (Å²) >= 11 is 0. The molecule has 0 radical (unpaired) electrons. The van der Waals surface area contributed by atoms with Crippen LogP contribution in [0.4, 0.5) is 5.69 Å². The van der Waals surface area contributed by atoms with E-state index >= 15 is 0 Å². The number of carbonyl (C=O) groups excluding carboxylic acids is 2. The molecule has 0 saturated heterocycles. The summed E-state index contributed by atoms with van der Waals surface area (Å²) in [6.07, 6.45) is 0.722. The van der Waals surface area contributed by atoms with Crippen LogP contribution in [0.2, 0.25) is 0 Å². The van der Waals surface area contributed by atoms with Gasteiger partial charge in [0.05, 0.1) is 22.4 Å². The zero-order valence-corrected chi connectivity index (χ0v) is 12.2. The summed E-state index contributed by atoms with van der Waals surface area (Å²) in [6.45, 7) is 2.90. The van der Waals surface area contributed by atoms with Crippen LogP contribution in [0.1, 0.15) is 10.4 Å². The van der Waals surface area contributed by atoms with Crippen molar-refractivity contribution >= 4 is 17.6 Å². The molecule has 0 amide bonds. The number of hydrogen-bond acceptors (Lipinski definition) is 6. The second-order valence-corrected chi connectivity index (χ2v) is 2.58. The number of rotatable bonds is 3. The molecular formula is C10H7NO6Zn. The van der Waals surface area contributed by atoms with Crippen LogP contribution in [0, 0.1) is 10.1 Å². The Bertz CT molecular complexity index is 426. The van der Waals surface area contributed by atoms with Crippen molar-refractivity contribution in [3.05, 3.63) is 52.6 Å². The van der Waals surface area contributed by atoms with Gasteiger partial charge in [-0.3, -0.25) is 10.1 Å². The molecule has 0 aliphatic heterocycles. The molecule has 1 rings (SSSR count). The summed E-state index contributed by atoms with van der Waals surface area (Å²) in [5, 5.41) is 29.7. The number of aromatic carboxylic acids is 1. The minimum Gasteiger partial charge on any atom is -0.545 e. The van der Waals surface area contributed by atoms with Gasteiger partial charge in [0.15, 0.2) is 0 Å². The van der Waals surface area contributed by atoms with Crippen LogP contribution in [0.25, 0.3) is 0 Å². The Hall–Kier alpha value is -2.08. The zero-order valence-electron chi connectivity index (χ0n) is 9.20. The number of benzene rings is 1. The van der Waals surface area contributed by atoms with Gasteiger partial charge in [-0.15, -0.1) is 0 Å². The first-order valence-corrected chi connectivity index (χ1v) is 4.18. The third-order valence-electron chi connectivity index (χ3n) is 1.49. The molecule has 0 unspecified atom stereocenters. The van der Waals surface area contributed by atoms with E-state index in [0.29, 0.717) is 0 Å². The van der Waals surface area contributed by atoms with Gasteiger partial charge in [0.2, 0.25) is 0 Å². The number of nitro groups is 1. The first-order chi connectivity index (χ1) is 7.90. The summed E-state index contributed by atoms with van der Waals surface area (Å²) in [5.41, 5.74) is -0.847. The van der Waals surface area contributed by atoms with Gasteiger partial charge >= 0.3 is 19.5 Å². The second kappa shape index (κ2) is 9.01. The van der Waals surface area contributed by atoms with Gasteiger partial charge in [0.1, 0.15) is 0 Å². The molecule has 0 aromatic heterocycles. The minimum atomic E-state index is -1.54. The van der Waals surface area contributed by atoms with E-state index in [9.17, 15) is 20.0 Å². The summed E-state index contributed by atoms with van der Waals surface area (Å²) in [4.78, 5) is 28.9. The van der Waals surface area contributed by atoms with Gasteiger partial charge in [-0.25, -0.2) is 0 Å². The first kappa shape index (κ1) is 18.3. The minimum absolute atomic E-state index is 0.